The van der Waals surface area contributed by atoms with Crippen LogP contribution in [0.2, 0.25) is 0 Å². The van der Waals surface area contributed by atoms with Gasteiger partial charge in [0.15, 0.2) is 0 Å². The largest absolute Gasteiger partial charge is 0.396 e. The predicted molar refractivity (Wildman–Crippen MR) is 62.8 cm³/mol. The van der Waals surface area contributed by atoms with E-state index >= 15 is 0 Å². The van der Waals surface area contributed by atoms with Crippen molar-refractivity contribution in [3.05, 3.63) is 0 Å². The summed E-state index contributed by atoms with van der Waals surface area (Å²) in [4.78, 5) is 0. The summed E-state index contributed by atoms with van der Waals surface area (Å²) < 4.78 is 0. The van der Waals surface area contributed by atoms with Crippen LogP contribution in [0.1, 0.15) is 51.4 Å². The third-order valence-corrected chi connectivity index (χ3v) is 4.19. The average molecular weight is 211 g/mol. The maximum absolute atomic E-state index is 9.18. The van der Waals surface area contributed by atoms with E-state index in [-0.39, 0.29) is 0 Å². The van der Waals surface area contributed by atoms with Gasteiger partial charge in [0.05, 0.1) is 0 Å². The summed E-state index contributed by atoms with van der Waals surface area (Å²) in [5, 5.41) is 12.8. The highest BCUT2D eigenvalue weighted by Gasteiger charge is 2.31. The number of hydrogen-bond acceptors (Lipinski definition) is 2. The molecule has 2 aliphatic rings. The zero-order valence-electron chi connectivity index (χ0n) is 9.80. The predicted octanol–water partition coefficient (Wildman–Crippen LogP) is 2.32. The van der Waals surface area contributed by atoms with Crippen LogP contribution in [0.4, 0.5) is 0 Å². The number of rotatable bonds is 6. The van der Waals surface area contributed by atoms with Crippen LogP contribution in [0.15, 0.2) is 0 Å². The van der Waals surface area contributed by atoms with E-state index < -0.39 is 0 Å². The van der Waals surface area contributed by atoms with Gasteiger partial charge < -0.3 is 10.4 Å². The van der Waals surface area contributed by atoms with E-state index in [0.29, 0.717) is 12.0 Å². The Morgan fingerprint density at radius 2 is 1.87 bits per heavy atom. The van der Waals surface area contributed by atoms with Crippen molar-refractivity contribution in [3.63, 3.8) is 0 Å². The Kier molecular flexibility index (Phi) is 4.04. The lowest BCUT2D eigenvalue weighted by Gasteiger charge is -2.37. The molecule has 88 valence electrons. The van der Waals surface area contributed by atoms with Gasteiger partial charge in [-0.15, -0.1) is 0 Å². The van der Waals surface area contributed by atoms with Gasteiger partial charge in [-0.3, -0.25) is 0 Å². The Labute approximate surface area is 93.5 Å². The van der Waals surface area contributed by atoms with Crippen LogP contribution < -0.4 is 5.32 Å². The zero-order valence-corrected chi connectivity index (χ0v) is 9.80. The molecule has 0 spiro atoms. The third-order valence-electron chi connectivity index (χ3n) is 4.19. The maximum atomic E-state index is 9.18. The molecule has 0 unspecified atom stereocenters. The summed E-state index contributed by atoms with van der Waals surface area (Å²) in [7, 11) is 0. The number of aliphatic hydroxyl groups is 1. The SMILES string of the molecule is OCCC1(CNCC2CC2)CCCCC1. The first-order chi connectivity index (χ1) is 7.35. The molecule has 0 amide bonds. The minimum atomic E-state index is 0.366. The fraction of sp³-hybridized carbons (Fsp3) is 1.00. The molecule has 0 bridgehead atoms. The van der Waals surface area contributed by atoms with Crippen LogP contribution in [-0.2, 0) is 0 Å². The standard InChI is InChI=1S/C13H25NO/c15-9-8-13(6-2-1-3-7-13)11-14-10-12-4-5-12/h12,14-15H,1-11H2. The lowest BCUT2D eigenvalue weighted by Crippen LogP contribution is -2.37. The molecule has 2 saturated carbocycles. The van der Waals surface area contributed by atoms with Gasteiger partial charge in [-0.25, -0.2) is 0 Å². The zero-order chi connectivity index (χ0) is 10.6. The van der Waals surface area contributed by atoms with Gasteiger partial charge in [-0.05, 0) is 50.0 Å². The summed E-state index contributed by atoms with van der Waals surface area (Å²) in [6, 6.07) is 0. The molecule has 0 aromatic rings. The Morgan fingerprint density at radius 1 is 1.13 bits per heavy atom. The molecule has 15 heavy (non-hydrogen) atoms. The van der Waals surface area contributed by atoms with E-state index in [4.69, 9.17) is 0 Å². The normalized spacial score (nSPS) is 25.4. The monoisotopic (exact) mass is 211 g/mol. The first-order valence-electron chi connectivity index (χ1n) is 6.66. The van der Waals surface area contributed by atoms with Crippen molar-refractivity contribution in [2.24, 2.45) is 11.3 Å². The summed E-state index contributed by atoms with van der Waals surface area (Å²) in [6.07, 6.45) is 10.6. The van der Waals surface area contributed by atoms with Crippen molar-refractivity contribution in [3.8, 4) is 0 Å². The first-order valence-corrected chi connectivity index (χ1v) is 6.66. The molecule has 0 heterocycles. The molecule has 2 rings (SSSR count). The van der Waals surface area contributed by atoms with Crippen LogP contribution in [-0.4, -0.2) is 24.8 Å². The second-order valence-electron chi connectivity index (χ2n) is 5.61. The second kappa shape index (κ2) is 5.31. The molecule has 2 fully saturated rings. The minimum absolute atomic E-state index is 0.366. The maximum Gasteiger partial charge on any atom is 0.0436 e. The highest BCUT2D eigenvalue weighted by molar-refractivity contribution is 4.86. The van der Waals surface area contributed by atoms with Gasteiger partial charge in [-0.2, -0.15) is 0 Å². The molecule has 2 nitrogen and oxygen atoms in total. The van der Waals surface area contributed by atoms with E-state index in [9.17, 15) is 5.11 Å². The van der Waals surface area contributed by atoms with E-state index in [1.807, 2.05) is 0 Å². The molecule has 2 heteroatoms. The molecule has 0 aromatic carbocycles. The molecular formula is C13H25NO. The van der Waals surface area contributed by atoms with Gasteiger partial charge in [0.1, 0.15) is 0 Å². The van der Waals surface area contributed by atoms with Gasteiger partial charge in [0, 0.05) is 13.2 Å². The Balaban J connectivity index is 1.74. The van der Waals surface area contributed by atoms with Crippen molar-refractivity contribution in [1.82, 2.24) is 5.32 Å². The Bertz CT molecular complexity index is 177. The van der Waals surface area contributed by atoms with Crippen LogP contribution in [0.3, 0.4) is 0 Å². The fourth-order valence-electron chi connectivity index (χ4n) is 2.92. The average Bonchev–Trinajstić information content (AvgIpc) is 3.04. The number of hydrogen-bond donors (Lipinski definition) is 2. The first kappa shape index (κ1) is 11.4. The molecule has 2 N–H and O–H groups in total. The smallest absolute Gasteiger partial charge is 0.0436 e. The van der Waals surface area contributed by atoms with E-state index in [2.05, 4.69) is 5.32 Å². The van der Waals surface area contributed by atoms with E-state index in [1.54, 1.807) is 0 Å². The van der Waals surface area contributed by atoms with Crippen LogP contribution in [0, 0.1) is 11.3 Å². The number of nitrogens with one attached hydrogen (secondary N) is 1. The van der Waals surface area contributed by atoms with Crippen LogP contribution >= 0.6 is 0 Å². The topological polar surface area (TPSA) is 32.3 Å². The van der Waals surface area contributed by atoms with Gasteiger partial charge in [-0.1, -0.05) is 19.3 Å². The van der Waals surface area contributed by atoms with Gasteiger partial charge in [0.2, 0.25) is 0 Å². The molecule has 0 saturated heterocycles. The van der Waals surface area contributed by atoms with Crippen molar-refractivity contribution in [2.45, 2.75) is 51.4 Å². The summed E-state index contributed by atoms with van der Waals surface area (Å²) >= 11 is 0. The molecule has 2 aliphatic carbocycles. The van der Waals surface area contributed by atoms with E-state index in [1.165, 1.54) is 51.5 Å². The molecule has 0 radical (unpaired) electrons. The Hall–Kier alpha value is -0.0800. The summed E-state index contributed by atoms with van der Waals surface area (Å²) in [5.74, 6) is 0.972. The quantitative estimate of drug-likeness (QED) is 0.706. The summed E-state index contributed by atoms with van der Waals surface area (Å²) in [5.41, 5.74) is 0.432. The van der Waals surface area contributed by atoms with Gasteiger partial charge in [0.25, 0.3) is 0 Å². The second-order valence-corrected chi connectivity index (χ2v) is 5.61. The molecule has 0 aromatic heterocycles. The van der Waals surface area contributed by atoms with Crippen molar-refractivity contribution >= 4 is 0 Å². The van der Waals surface area contributed by atoms with Crippen molar-refractivity contribution < 1.29 is 5.11 Å². The molecule has 0 atom stereocenters. The minimum Gasteiger partial charge on any atom is -0.396 e. The fourth-order valence-corrected chi connectivity index (χ4v) is 2.92. The van der Waals surface area contributed by atoms with Crippen LogP contribution in [0.5, 0.6) is 0 Å². The molecular weight excluding hydrogens is 186 g/mol. The van der Waals surface area contributed by atoms with Crippen molar-refractivity contribution in [1.29, 1.82) is 0 Å². The van der Waals surface area contributed by atoms with E-state index in [0.717, 1.165) is 18.9 Å². The third kappa shape index (κ3) is 3.46. The lowest BCUT2D eigenvalue weighted by molar-refractivity contribution is 0.126. The van der Waals surface area contributed by atoms with Crippen LogP contribution in [0.25, 0.3) is 0 Å². The highest BCUT2D eigenvalue weighted by Crippen LogP contribution is 2.38. The van der Waals surface area contributed by atoms with Gasteiger partial charge >= 0.3 is 0 Å². The summed E-state index contributed by atoms with van der Waals surface area (Å²) in [6.45, 7) is 2.72. The highest BCUT2D eigenvalue weighted by atomic mass is 16.3. The van der Waals surface area contributed by atoms with Crippen molar-refractivity contribution in [2.75, 3.05) is 19.7 Å². The molecule has 0 aliphatic heterocycles. The lowest BCUT2D eigenvalue weighted by atomic mass is 9.72. The Morgan fingerprint density at radius 3 is 2.47 bits per heavy atom. The number of aliphatic hydroxyl groups excluding tert-OH is 1.